The van der Waals surface area contributed by atoms with Crippen molar-refractivity contribution in [3.8, 4) is 11.5 Å². The van der Waals surface area contributed by atoms with Gasteiger partial charge in [-0.05, 0) is 38.5 Å². The Hall–Kier alpha value is -2.15. The van der Waals surface area contributed by atoms with Crippen LogP contribution >= 0.6 is 11.8 Å². The summed E-state index contributed by atoms with van der Waals surface area (Å²) in [5.41, 5.74) is 1.04. The van der Waals surface area contributed by atoms with Gasteiger partial charge in [-0.25, -0.2) is 4.79 Å². The predicted molar refractivity (Wildman–Crippen MR) is 92.4 cm³/mol. The van der Waals surface area contributed by atoms with Crippen molar-refractivity contribution in [1.82, 2.24) is 5.32 Å². The summed E-state index contributed by atoms with van der Waals surface area (Å²) < 4.78 is 15.8. The molecule has 1 heterocycles. The molecule has 0 spiro atoms. The molecule has 2 rings (SSSR count). The first-order valence-corrected chi connectivity index (χ1v) is 8.74. The van der Waals surface area contributed by atoms with Crippen LogP contribution in [-0.2, 0) is 9.53 Å². The summed E-state index contributed by atoms with van der Waals surface area (Å²) in [6.45, 7) is 4.73. The highest BCUT2D eigenvalue weighted by Gasteiger charge is 2.24. The Morgan fingerprint density at radius 1 is 1.17 bits per heavy atom. The zero-order valence-corrected chi connectivity index (χ0v) is 14.8. The van der Waals surface area contributed by atoms with Gasteiger partial charge in [0.15, 0.2) is 11.5 Å². The van der Waals surface area contributed by atoms with Crippen molar-refractivity contribution in [2.24, 2.45) is 0 Å². The number of allylic oxidation sites excluding steroid dienone is 1. The van der Waals surface area contributed by atoms with Crippen molar-refractivity contribution >= 4 is 23.6 Å². The van der Waals surface area contributed by atoms with E-state index in [9.17, 15) is 9.59 Å². The predicted octanol–water partition coefficient (Wildman–Crippen LogP) is 2.74. The van der Waals surface area contributed by atoms with Gasteiger partial charge < -0.3 is 19.5 Å². The molecule has 0 unspecified atom stereocenters. The lowest BCUT2D eigenvalue weighted by Crippen LogP contribution is -2.24. The number of benzene rings is 1. The van der Waals surface area contributed by atoms with Gasteiger partial charge in [0.05, 0.1) is 20.3 Å². The van der Waals surface area contributed by atoms with Crippen LogP contribution in [0.25, 0.3) is 0 Å². The molecule has 1 aromatic carbocycles. The molecule has 7 heteroatoms. The molecule has 130 valence electrons. The first-order valence-electron chi connectivity index (χ1n) is 7.75. The molecular weight excluding hydrogens is 330 g/mol. The van der Waals surface area contributed by atoms with Gasteiger partial charge in [-0.15, -0.1) is 11.8 Å². The van der Waals surface area contributed by atoms with Gasteiger partial charge in [0.2, 0.25) is 0 Å². The molecule has 1 aromatic rings. The average molecular weight is 351 g/mol. The molecule has 0 aromatic heterocycles. The summed E-state index contributed by atoms with van der Waals surface area (Å²) in [4.78, 5) is 24.6. The Bertz CT molecular complexity index is 656. The summed E-state index contributed by atoms with van der Waals surface area (Å²) in [6.07, 6.45) is 0.621. The fourth-order valence-electron chi connectivity index (χ4n) is 2.25. The van der Waals surface area contributed by atoms with Gasteiger partial charge in [0.1, 0.15) is 4.91 Å². The summed E-state index contributed by atoms with van der Waals surface area (Å²) in [7, 11) is 1.33. The van der Waals surface area contributed by atoms with Crippen LogP contribution in [0.2, 0.25) is 0 Å². The Morgan fingerprint density at radius 3 is 2.54 bits per heavy atom. The number of esters is 1. The van der Waals surface area contributed by atoms with Crippen LogP contribution in [0.15, 0.2) is 28.8 Å². The maximum atomic E-state index is 12.5. The van der Waals surface area contributed by atoms with Gasteiger partial charge in [0, 0.05) is 17.0 Å². The minimum atomic E-state index is -0.422. The normalized spacial score (nSPS) is 13.6. The molecule has 0 fully saturated rings. The lowest BCUT2D eigenvalue weighted by Gasteiger charge is -2.13. The Kier molecular flexibility index (Phi) is 6.54. The summed E-state index contributed by atoms with van der Waals surface area (Å²) >= 11 is 1.39. The van der Waals surface area contributed by atoms with E-state index in [4.69, 9.17) is 14.2 Å². The Morgan fingerprint density at radius 2 is 1.88 bits per heavy atom. The van der Waals surface area contributed by atoms with Crippen LogP contribution in [0, 0.1) is 0 Å². The number of carbonyl (C=O) groups is 2. The van der Waals surface area contributed by atoms with Crippen molar-refractivity contribution in [3.63, 3.8) is 0 Å². The van der Waals surface area contributed by atoms with Crippen molar-refractivity contribution in [3.05, 3.63) is 34.4 Å². The van der Waals surface area contributed by atoms with Crippen molar-refractivity contribution < 1.29 is 23.8 Å². The van der Waals surface area contributed by atoms with Gasteiger partial charge >= 0.3 is 5.97 Å². The molecule has 1 aliphatic heterocycles. The molecular formula is C17H21NO5S. The minimum Gasteiger partial charge on any atom is -0.490 e. The molecule has 0 aliphatic carbocycles. The van der Waals surface area contributed by atoms with E-state index in [0.717, 1.165) is 5.75 Å². The number of ether oxygens (including phenoxy) is 3. The lowest BCUT2D eigenvalue weighted by molar-refractivity contribution is -0.135. The van der Waals surface area contributed by atoms with Gasteiger partial charge in [-0.3, -0.25) is 4.79 Å². The van der Waals surface area contributed by atoms with Crippen LogP contribution in [-0.4, -0.2) is 38.0 Å². The summed E-state index contributed by atoms with van der Waals surface area (Å²) in [5.74, 6) is 1.15. The molecule has 6 nitrogen and oxygen atoms in total. The third-order valence-corrected chi connectivity index (χ3v) is 4.42. The largest absolute Gasteiger partial charge is 0.490 e. The third-order valence-electron chi connectivity index (χ3n) is 3.31. The molecule has 0 atom stereocenters. The Balaban J connectivity index is 2.20. The maximum Gasteiger partial charge on any atom is 0.346 e. The first kappa shape index (κ1) is 18.2. The molecule has 1 aliphatic rings. The molecule has 0 saturated heterocycles. The van der Waals surface area contributed by atoms with Gasteiger partial charge in [-0.1, -0.05) is 0 Å². The van der Waals surface area contributed by atoms with Gasteiger partial charge in [0.25, 0.3) is 5.91 Å². The number of amides is 1. The second-order valence-corrected chi connectivity index (χ2v) is 5.98. The van der Waals surface area contributed by atoms with E-state index in [1.165, 1.54) is 18.9 Å². The number of rotatable bonds is 7. The topological polar surface area (TPSA) is 73.9 Å². The highest BCUT2D eigenvalue weighted by Crippen LogP contribution is 2.32. The average Bonchev–Trinajstić information content (AvgIpc) is 3.04. The van der Waals surface area contributed by atoms with Crippen LogP contribution in [0.5, 0.6) is 11.5 Å². The van der Waals surface area contributed by atoms with E-state index in [2.05, 4.69) is 5.32 Å². The van der Waals surface area contributed by atoms with E-state index in [1.54, 1.807) is 18.2 Å². The standard InChI is InChI=1S/C17H21NO5S/c1-4-22-13-7-6-11(10-14(13)23-5-2)16(19)18-12-8-9-24-15(12)17(20)21-3/h6-7,10H,4-5,8-9H2,1-3H3,(H,18,19). The highest BCUT2D eigenvalue weighted by molar-refractivity contribution is 8.04. The van der Waals surface area contributed by atoms with Crippen molar-refractivity contribution in [2.75, 3.05) is 26.1 Å². The van der Waals surface area contributed by atoms with Crippen LogP contribution in [0.3, 0.4) is 0 Å². The second kappa shape index (κ2) is 8.63. The molecule has 0 bridgehead atoms. The summed E-state index contributed by atoms with van der Waals surface area (Å²) in [6, 6.07) is 5.02. The molecule has 0 radical (unpaired) electrons. The van der Waals surface area contributed by atoms with E-state index >= 15 is 0 Å². The fourth-order valence-corrected chi connectivity index (χ4v) is 3.29. The van der Waals surface area contributed by atoms with Gasteiger partial charge in [-0.2, -0.15) is 0 Å². The van der Waals surface area contributed by atoms with Crippen molar-refractivity contribution in [1.29, 1.82) is 0 Å². The molecule has 1 amide bonds. The number of nitrogens with one attached hydrogen (secondary N) is 1. The van der Waals surface area contributed by atoms with Crippen LogP contribution < -0.4 is 14.8 Å². The maximum absolute atomic E-state index is 12.5. The zero-order chi connectivity index (χ0) is 17.5. The quantitative estimate of drug-likeness (QED) is 0.762. The summed E-state index contributed by atoms with van der Waals surface area (Å²) in [5, 5.41) is 2.80. The molecule has 24 heavy (non-hydrogen) atoms. The van der Waals surface area contributed by atoms with E-state index in [0.29, 0.717) is 47.3 Å². The number of carbonyl (C=O) groups excluding carboxylic acids is 2. The minimum absolute atomic E-state index is 0.294. The van der Waals surface area contributed by atoms with Crippen LogP contribution in [0.1, 0.15) is 30.6 Å². The van der Waals surface area contributed by atoms with E-state index < -0.39 is 5.97 Å². The molecule has 0 saturated carbocycles. The van der Waals surface area contributed by atoms with E-state index in [1.807, 2.05) is 13.8 Å². The third kappa shape index (κ3) is 4.23. The highest BCUT2D eigenvalue weighted by atomic mass is 32.2. The zero-order valence-electron chi connectivity index (χ0n) is 14.0. The van der Waals surface area contributed by atoms with Crippen molar-refractivity contribution in [2.45, 2.75) is 20.3 Å². The number of hydrogen-bond donors (Lipinski definition) is 1. The SMILES string of the molecule is CCOc1ccc(C(=O)NC2=C(C(=O)OC)SCC2)cc1OCC. The van der Waals surface area contributed by atoms with E-state index in [-0.39, 0.29) is 5.91 Å². The molecule has 1 N–H and O–H groups in total. The van der Waals surface area contributed by atoms with Crippen LogP contribution in [0.4, 0.5) is 0 Å². The fraction of sp³-hybridized carbons (Fsp3) is 0.412. The number of hydrogen-bond acceptors (Lipinski definition) is 6. The monoisotopic (exact) mass is 351 g/mol. The Labute approximate surface area is 145 Å². The number of thioether (sulfide) groups is 1. The smallest absolute Gasteiger partial charge is 0.346 e. The first-order chi connectivity index (χ1) is 11.6. The number of methoxy groups -OCH3 is 1. The second-order valence-electron chi connectivity index (χ2n) is 4.88. The lowest BCUT2D eigenvalue weighted by atomic mass is 10.1.